The van der Waals surface area contributed by atoms with Gasteiger partial charge in [-0.25, -0.2) is 0 Å². The highest BCUT2D eigenvalue weighted by Crippen LogP contribution is 2.45. The molecule has 108 valence electrons. The fourth-order valence-corrected chi connectivity index (χ4v) is 2.47. The Hall–Kier alpha value is -0.200. The van der Waals surface area contributed by atoms with Gasteiger partial charge in [0.05, 0.1) is 12.7 Å². The van der Waals surface area contributed by atoms with Gasteiger partial charge >= 0.3 is 0 Å². The lowest BCUT2D eigenvalue weighted by Crippen LogP contribution is -2.77. The summed E-state index contributed by atoms with van der Waals surface area (Å²) >= 11 is 0. The van der Waals surface area contributed by atoms with Crippen molar-refractivity contribution in [1.29, 1.82) is 0 Å². The molecule has 0 bridgehead atoms. The molecule has 0 aromatic carbocycles. The van der Waals surface area contributed by atoms with Gasteiger partial charge in [0.1, 0.15) is 22.9 Å². The quantitative estimate of drug-likeness (QED) is 0.577. The summed E-state index contributed by atoms with van der Waals surface area (Å²) in [5.74, 6) is 0.00782. The van der Waals surface area contributed by atoms with Crippen LogP contribution in [0.25, 0.3) is 0 Å². The van der Waals surface area contributed by atoms with E-state index in [1.54, 1.807) is 6.92 Å². The summed E-state index contributed by atoms with van der Waals surface area (Å²) in [7, 11) is 0. The number of aliphatic hydroxyl groups excluding tert-OH is 2. The van der Waals surface area contributed by atoms with Crippen molar-refractivity contribution < 1.29 is 25.2 Å². The van der Waals surface area contributed by atoms with E-state index in [1.807, 2.05) is 13.8 Å². The molecule has 5 unspecified atom stereocenters. The molecule has 1 heterocycles. The van der Waals surface area contributed by atoms with Crippen molar-refractivity contribution in [2.75, 3.05) is 6.61 Å². The second-order valence-electron chi connectivity index (χ2n) is 6.02. The smallest absolute Gasteiger partial charge is 0.124 e. The Bertz CT molecular complexity index is 295. The number of hydrogen-bond acceptors (Lipinski definition) is 5. The zero-order chi connectivity index (χ0) is 14.4. The summed E-state index contributed by atoms with van der Waals surface area (Å²) in [5, 5.41) is 40.7. The lowest BCUT2D eigenvalue weighted by Gasteiger charge is -2.58. The number of ether oxygens (including phenoxy) is 1. The highest BCUT2D eigenvalue weighted by molar-refractivity contribution is 5.15. The molecular formula is C13H26O5. The van der Waals surface area contributed by atoms with Gasteiger partial charge in [-0.3, -0.25) is 0 Å². The fourth-order valence-electron chi connectivity index (χ4n) is 2.47. The van der Waals surface area contributed by atoms with Gasteiger partial charge in [-0.05, 0) is 26.7 Å². The Morgan fingerprint density at radius 2 is 1.72 bits per heavy atom. The topological polar surface area (TPSA) is 90.2 Å². The van der Waals surface area contributed by atoms with E-state index in [1.165, 1.54) is 13.8 Å². The summed E-state index contributed by atoms with van der Waals surface area (Å²) in [4.78, 5) is 0. The first-order valence-corrected chi connectivity index (χ1v) is 6.46. The van der Waals surface area contributed by atoms with E-state index < -0.39 is 35.6 Å². The summed E-state index contributed by atoms with van der Waals surface area (Å²) in [6, 6.07) is 0. The van der Waals surface area contributed by atoms with Crippen LogP contribution in [0.1, 0.15) is 41.0 Å². The number of rotatable bonds is 3. The van der Waals surface area contributed by atoms with Crippen LogP contribution in [-0.2, 0) is 4.74 Å². The van der Waals surface area contributed by atoms with E-state index in [-0.39, 0.29) is 5.92 Å². The first-order chi connectivity index (χ1) is 8.05. The van der Waals surface area contributed by atoms with E-state index in [2.05, 4.69) is 0 Å². The Morgan fingerprint density at radius 3 is 2.11 bits per heavy atom. The average Bonchev–Trinajstić information content (AvgIpc) is 2.31. The lowest BCUT2D eigenvalue weighted by molar-refractivity contribution is -0.351. The van der Waals surface area contributed by atoms with Crippen molar-refractivity contribution in [2.24, 2.45) is 5.92 Å². The summed E-state index contributed by atoms with van der Waals surface area (Å²) in [6.45, 7) is 7.72. The monoisotopic (exact) mass is 262 g/mol. The first-order valence-electron chi connectivity index (χ1n) is 6.46. The van der Waals surface area contributed by atoms with Crippen molar-refractivity contribution in [3.8, 4) is 0 Å². The average molecular weight is 262 g/mol. The third-order valence-corrected chi connectivity index (χ3v) is 4.81. The van der Waals surface area contributed by atoms with Crippen molar-refractivity contribution in [3.05, 3.63) is 0 Å². The third kappa shape index (κ3) is 1.98. The van der Waals surface area contributed by atoms with Crippen LogP contribution in [0, 0.1) is 5.92 Å². The minimum atomic E-state index is -1.75. The fraction of sp³-hybridized carbons (Fsp3) is 1.00. The van der Waals surface area contributed by atoms with Crippen LogP contribution < -0.4 is 0 Å². The molecule has 0 aromatic rings. The Labute approximate surface area is 108 Å². The van der Waals surface area contributed by atoms with E-state index >= 15 is 0 Å². The second kappa shape index (κ2) is 4.72. The molecule has 0 saturated carbocycles. The predicted octanol–water partition coefficient (Wildman–Crippen LogP) is 0.0452. The Morgan fingerprint density at radius 1 is 1.22 bits per heavy atom. The van der Waals surface area contributed by atoms with Crippen LogP contribution in [0.3, 0.4) is 0 Å². The number of hydrogen-bond donors (Lipinski definition) is 4. The maximum Gasteiger partial charge on any atom is 0.124 e. The highest BCUT2D eigenvalue weighted by Gasteiger charge is 2.65. The third-order valence-electron chi connectivity index (χ3n) is 4.81. The van der Waals surface area contributed by atoms with Crippen LogP contribution in [0.15, 0.2) is 0 Å². The molecule has 0 aromatic heterocycles. The van der Waals surface area contributed by atoms with Gasteiger partial charge in [-0.2, -0.15) is 0 Å². The van der Waals surface area contributed by atoms with E-state index in [0.29, 0.717) is 0 Å². The van der Waals surface area contributed by atoms with E-state index in [4.69, 9.17) is 4.74 Å². The van der Waals surface area contributed by atoms with E-state index in [9.17, 15) is 20.4 Å². The Kier molecular flexibility index (Phi) is 4.16. The molecule has 0 aliphatic carbocycles. The minimum absolute atomic E-state index is 0.00782. The molecule has 6 atom stereocenters. The van der Waals surface area contributed by atoms with Gasteiger partial charge < -0.3 is 25.2 Å². The first kappa shape index (κ1) is 15.9. The highest BCUT2D eigenvalue weighted by atomic mass is 16.6. The molecule has 1 rings (SSSR count). The summed E-state index contributed by atoms with van der Waals surface area (Å²) in [5.41, 5.74) is -4.82. The largest absolute Gasteiger partial charge is 0.393 e. The zero-order valence-corrected chi connectivity index (χ0v) is 11.8. The second-order valence-corrected chi connectivity index (χ2v) is 6.02. The predicted molar refractivity (Wildman–Crippen MR) is 67.1 cm³/mol. The normalized spacial score (nSPS) is 51.2. The van der Waals surface area contributed by atoms with Gasteiger partial charge in [0.25, 0.3) is 0 Å². The molecule has 18 heavy (non-hydrogen) atoms. The SMILES string of the molecule is CC[C@@H](C)C1OC(C)(CO)C(C)(O)C(C)(O)C1O. The molecule has 5 heteroatoms. The molecule has 4 N–H and O–H groups in total. The van der Waals surface area contributed by atoms with Crippen LogP contribution in [0.4, 0.5) is 0 Å². The number of aliphatic hydroxyl groups is 4. The summed E-state index contributed by atoms with van der Waals surface area (Å²) < 4.78 is 5.73. The molecule has 1 saturated heterocycles. The van der Waals surface area contributed by atoms with Crippen LogP contribution in [0.5, 0.6) is 0 Å². The molecule has 1 fully saturated rings. The van der Waals surface area contributed by atoms with Crippen molar-refractivity contribution in [2.45, 2.75) is 70.1 Å². The van der Waals surface area contributed by atoms with Crippen LogP contribution >= 0.6 is 0 Å². The Balaban J connectivity index is 3.21. The van der Waals surface area contributed by atoms with Gasteiger partial charge in [-0.1, -0.05) is 20.3 Å². The van der Waals surface area contributed by atoms with Crippen molar-refractivity contribution in [1.82, 2.24) is 0 Å². The standard InChI is InChI=1S/C13H26O5/c1-6-8(2)9-10(15)12(4,16)13(5,17)11(3,7-14)18-9/h8-10,14-17H,6-7H2,1-5H3/t8-,9?,10?,11?,12?,13?/m1/s1. The molecule has 1 aliphatic rings. The molecule has 0 amide bonds. The zero-order valence-electron chi connectivity index (χ0n) is 11.8. The minimum Gasteiger partial charge on any atom is -0.393 e. The van der Waals surface area contributed by atoms with Crippen LogP contribution in [0.2, 0.25) is 0 Å². The van der Waals surface area contributed by atoms with Gasteiger partial charge in [0.2, 0.25) is 0 Å². The van der Waals surface area contributed by atoms with E-state index in [0.717, 1.165) is 6.42 Å². The maximum absolute atomic E-state index is 10.5. The maximum atomic E-state index is 10.5. The molecule has 0 radical (unpaired) electrons. The van der Waals surface area contributed by atoms with Crippen LogP contribution in [-0.4, -0.2) is 56.0 Å². The lowest BCUT2D eigenvalue weighted by atomic mass is 9.66. The summed E-state index contributed by atoms with van der Waals surface area (Å²) in [6.07, 6.45) is -1.06. The molecule has 0 spiro atoms. The molecular weight excluding hydrogens is 236 g/mol. The van der Waals surface area contributed by atoms with Gasteiger partial charge in [0.15, 0.2) is 0 Å². The van der Waals surface area contributed by atoms with Gasteiger partial charge in [-0.15, -0.1) is 0 Å². The van der Waals surface area contributed by atoms with Crippen molar-refractivity contribution in [3.63, 3.8) is 0 Å². The van der Waals surface area contributed by atoms with Crippen molar-refractivity contribution >= 4 is 0 Å². The molecule has 1 aliphatic heterocycles. The molecule has 5 nitrogen and oxygen atoms in total. The van der Waals surface area contributed by atoms with Gasteiger partial charge in [0, 0.05) is 0 Å².